The van der Waals surface area contributed by atoms with Crippen molar-refractivity contribution in [2.45, 2.75) is 13.3 Å². The summed E-state index contributed by atoms with van der Waals surface area (Å²) in [6, 6.07) is 4.98. The van der Waals surface area contributed by atoms with Gasteiger partial charge >= 0.3 is 5.97 Å². The van der Waals surface area contributed by atoms with Gasteiger partial charge in [-0.05, 0) is 25.5 Å². The first-order chi connectivity index (χ1) is 12.8. The number of carboxylic acids is 1. The number of amides is 3. The van der Waals surface area contributed by atoms with Crippen LogP contribution in [0.1, 0.15) is 32.7 Å². The number of ether oxygens (including phenoxy) is 1. The molecule has 0 aromatic heterocycles. The van der Waals surface area contributed by atoms with Gasteiger partial charge in [0.05, 0.1) is 23.1 Å². The van der Waals surface area contributed by atoms with Gasteiger partial charge in [-0.1, -0.05) is 11.6 Å². The number of aryl methyl sites for hydroxylation is 1. The second-order valence-electron chi connectivity index (χ2n) is 7.50. The maximum atomic E-state index is 12.8. The molecule has 0 bridgehead atoms. The van der Waals surface area contributed by atoms with Crippen LogP contribution in [0.5, 0.6) is 0 Å². The first-order valence-corrected chi connectivity index (χ1v) is 8.89. The van der Waals surface area contributed by atoms with E-state index in [0.717, 1.165) is 10.5 Å². The number of hydrogen-bond donors (Lipinski definition) is 1. The number of carbonyl (C=O) groups is 4. The van der Waals surface area contributed by atoms with Crippen molar-refractivity contribution in [3.05, 3.63) is 34.9 Å². The molecule has 8 nitrogen and oxygen atoms in total. The second-order valence-corrected chi connectivity index (χ2v) is 7.50. The average Bonchev–Trinajstić information content (AvgIpc) is 3.15. The number of carboxylic acid groups (broad SMARTS) is 1. The SMILES string of the molecule is Cc1ccc2c(c1)C(=O)N(CC(=O)N1C[C@H]3COCC[C@@]3(C(=O)O)C1)C2=O. The fourth-order valence-electron chi connectivity index (χ4n) is 4.27. The van der Waals surface area contributed by atoms with E-state index < -0.39 is 29.1 Å². The molecule has 1 N–H and O–H groups in total. The van der Waals surface area contributed by atoms with E-state index in [4.69, 9.17) is 4.74 Å². The molecule has 1 aromatic carbocycles. The Labute approximate surface area is 155 Å². The summed E-state index contributed by atoms with van der Waals surface area (Å²) < 4.78 is 5.39. The lowest BCUT2D eigenvalue weighted by molar-refractivity contribution is -0.157. The van der Waals surface area contributed by atoms with E-state index in [1.807, 2.05) is 6.92 Å². The maximum absolute atomic E-state index is 12.8. The number of fused-ring (bicyclic) bond motifs is 2. The van der Waals surface area contributed by atoms with E-state index in [0.29, 0.717) is 30.8 Å². The highest BCUT2D eigenvalue weighted by atomic mass is 16.5. The summed E-state index contributed by atoms with van der Waals surface area (Å²) in [5.74, 6) is -2.60. The Hall–Kier alpha value is -2.74. The van der Waals surface area contributed by atoms with Crippen LogP contribution in [0, 0.1) is 18.3 Å². The van der Waals surface area contributed by atoms with Gasteiger partial charge in [-0.2, -0.15) is 0 Å². The lowest BCUT2D eigenvalue weighted by Gasteiger charge is -2.33. The normalized spacial score (nSPS) is 26.9. The molecule has 2 fully saturated rings. The van der Waals surface area contributed by atoms with Gasteiger partial charge < -0.3 is 14.7 Å². The summed E-state index contributed by atoms with van der Waals surface area (Å²) in [6.07, 6.45) is 0.350. The topological polar surface area (TPSA) is 104 Å². The van der Waals surface area contributed by atoms with Crippen molar-refractivity contribution in [2.24, 2.45) is 11.3 Å². The predicted octanol–water partition coefficient (Wildman–Crippen LogP) is 0.541. The molecule has 0 unspecified atom stereocenters. The van der Waals surface area contributed by atoms with E-state index in [1.54, 1.807) is 18.2 Å². The van der Waals surface area contributed by atoms with Crippen molar-refractivity contribution in [3.8, 4) is 0 Å². The van der Waals surface area contributed by atoms with Crippen LogP contribution in [0.15, 0.2) is 18.2 Å². The molecule has 0 spiro atoms. The molecule has 1 aromatic rings. The molecule has 0 aliphatic carbocycles. The van der Waals surface area contributed by atoms with Crippen LogP contribution in [-0.2, 0) is 14.3 Å². The largest absolute Gasteiger partial charge is 0.481 e. The summed E-state index contributed by atoms with van der Waals surface area (Å²) in [5.41, 5.74) is 0.449. The molecule has 3 heterocycles. The molecule has 3 aliphatic heterocycles. The fraction of sp³-hybridized carbons (Fsp3) is 0.474. The molecule has 0 radical (unpaired) electrons. The number of aliphatic carboxylic acids is 1. The summed E-state index contributed by atoms with van der Waals surface area (Å²) in [5, 5.41) is 9.70. The third-order valence-electron chi connectivity index (χ3n) is 5.91. The van der Waals surface area contributed by atoms with E-state index in [-0.39, 0.29) is 25.6 Å². The van der Waals surface area contributed by atoms with Crippen molar-refractivity contribution in [3.63, 3.8) is 0 Å². The van der Waals surface area contributed by atoms with E-state index in [2.05, 4.69) is 0 Å². The minimum absolute atomic E-state index is 0.0808. The highest BCUT2D eigenvalue weighted by Crippen LogP contribution is 2.42. The van der Waals surface area contributed by atoms with E-state index in [9.17, 15) is 24.3 Å². The lowest BCUT2D eigenvalue weighted by Crippen LogP contribution is -2.46. The Bertz CT molecular complexity index is 866. The van der Waals surface area contributed by atoms with Crippen LogP contribution < -0.4 is 0 Å². The third kappa shape index (κ3) is 2.63. The molecule has 2 saturated heterocycles. The van der Waals surface area contributed by atoms with Gasteiger partial charge in [0.25, 0.3) is 11.8 Å². The van der Waals surface area contributed by atoms with Gasteiger partial charge in [-0.25, -0.2) is 0 Å². The van der Waals surface area contributed by atoms with Crippen LogP contribution in [-0.4, -0.2) is 71.4 Å². The monoisotopic (exact) mass is 372 g/mol. The van der Waals surface area contributed by atoms with Crippen molar-refractivity contribution >= 4 is 23.7 Å². The summed E-state index contributed by atoms with van der Waals surface area (Å²) in [7, 11) is 0. The highest BCUT2D eigenvalue weighted by Gasteiger charge is 2.55. The van der Waals surface area contributed by atoms with Crippen LogP contribution in [0.2, 0.25) is 0 Å². The number of nitrogens with zero attached hydrogens (tertiary/aromatic N) is 2. The Balaban J connectivity index is 1.51. The Morgan fingerprint density at radius 1 is 1.26 bits per heavy atom. The molecule has 142 valence electrons. The van der Waals surface area contributed by atoms with E-state index >= 15 is 0 Å². The van der Waals surface area contributed by atoms with Crippen LogP contribution in [0.3, 0.4) is 0 Å². The zero-order chi connectivity index (χ0) is 19.3. The smallest absolute Gasteiger partial charge is 0.311 e. The minimum Gasteiger partial charge on any atom is -0.481 e. The zero-order valence-electron chi connectivity index (χ0n) is 14.9. The Kier molecular flexibility index (Phi) is 4.03. The van der Waals surface area contributed by atoms with Gasteiger partial charge in [0.1, 0.15) is 6.54 Å². The standard InChI is InChI=1S/C19H20N2O6/c1-11-2-3-13-14(6-11)17(24)21(16(13)23)8-15(22)20-7-12-9-27-5-4-19(12,10-20)18(25)26/h2-3,6,12H,4-5,7-10H2,1H3,(H,25,26)/t12-,19+/m0/s1. The van der Waals surface area contributed by atoms with Crippen molar-refractivity contribution in [2.75, 3.05) is 32.8 Å². The number of likely N-dealkylation sites (tertiary alicyclic amines) is 1. The Morgan fingerprint density at radius 3 is 2.70 bits per heavy atom. The molecule has 2 atom stereocenters. The fourth-order valence-corrected chi connectivity index (χ4v) is 4.27. The summed E-state index contributed by atoms with van der Waals surface area (Å²) in [6.45, 7) is 2.43. The number of imide groups is 1. The molecular weight excluding hydrogens is 352 g/mol. The Morgan fingerprint density at radius 2 is 2.00 bits per heavy atom. The summed E-state index contributed by atoms with van der Waals surface area (Å²) >= 11 is 0. The number of benzene rings is 1. The zero-order valence-corrected chi connectivity index (χ0v) is 14.9. The average molecular weight is 372 g/mol. The predicted molar refractivity (Wildman–Crippen MR) is 92.1 cm³/mol. The van der Waals surface area contributed by atoms with Crippen LogP contribution in [0.25, 0.3) is 0 Å². The molecule has 3 amide bonds. The van der Waals surface area contributed by atoms with Crippen LogP contribution >= 0.6 is 0 Å². The first-order valence-electron chi connectivity index (χ1n) is 8.89. The van der Waals surface area contributed by atoms with Gasteiger partial charge in [0.15, 0.2) is 0 Å². The van der Waals surface area contributed by atoms with Crippen molar-refractivity contribution in [1.82, 2.24) is 9.80 Å². The quantitative estimate of drug-likeness (QED) is 0.777. The lowest BCUT2D eigenvalue weighted by atomic mass is 9.74. The van der Waals surface area contributed by atoms with Gasteiger partial charge in [0.2, 0.25) is 5.91 Å². The maximum Gasteiger partial charge on any atom is 0.311 e. The van der Waals surface area contributed by atoms with E-state index in [1.165, 1.54) is 4.90 Å². The molecule has 8 heteroatoms. The highest BCUT2D eigenvalue weighted by molar-refractivity contribution is 6.22. The third-order valence-corrected chi connectivity index (χ3v) is 5.91. The summed E-state index contributed by atoms with van der Waals surface area (Å²) in [4.78, 5) is 52.1. The molecule has 3 aliphatic rings. The van der Waals surface area contributed by atoms with Gasteiger partial charge in [-0.3, -0.25) is 24.1 Å². The number of rotatable bonds is 3. The minimum atomic E-state index is -1.01. The molecular formula is C19H20N2O6. The van der Waals surface area contributed by atoms with Crippen molar-refractivity contribution < 1.29 is 29.0 Å². The molecule has 27 heavy (non-hydrogen) atoms. The van der Waals surface area contributed by atoms with Gasteiger partial charge in [-0.15, -0.1) is 0 Å². The molecule has 0 saturated carbocycles. The number of carbonyl (C=O) groups excluding carboxylic acids is 3. The number of hydrogen-bond acceptors (Lipinski definition) is 5. The first kappa shape index (κ1) is 17.7. The second kappa shape index (κ2) is 6.16. The molecule has 4 rings (SSSR count). The van der Waals surface area contributed by atoms with Gasteiger partial charge in [0, 0.05) is 25.6 Å². The van der Waals surface area contributed by atoms with Crippen LogP contribution in [0.4, 0.5) is 0 Å². The van der Waals surface area contributed by atoms with Crippen molar-refractivity contribution in [1.29, 1.82) is 0 Å².